The van der Waals surface area contributed by atoms with Crippen LogP contribution >= 0.6 is 0 Å². The van der Waals surface area contributed by atoms with Gasteiger partial charge in [-0.05, 0) is 41.5 Å². The van der Waals surface area contributed by atoms with Crippen molar-refractivity contribution in [2.45, 2.75) is 38.2 Å². The third kappa shape index (κ3) is 2.08. The maximum Gasteiger partial charge on any atom is 0.115 e. The van der Waals surface area contributed by atoms with Gasteiger partial charge in [0.1, 0.15) is 5.60 Å². The number of fused-ring (bicyclic) bond motifs is 1. The van der Waals surface area contributed by atoms with Gasteiger partial charge in [0, 0.05) is 0 Å². The predicted octanol–water partition coefficient (Wildman–Crippen LogP) is 3.82. The van der Waals surface area contributed by atoms with Crippen molar-refractivity contribution in [3.63, 3.8) is 0 Å². The van der Waals surface area contributed by atoms with E-state index in [1.165, 1.54) is 11.1 Å². The van der Waals surface area contributed by atoms with Crippen LogP contribution < -0.4 is 0 Å². The number of hydrogen-bond donors (Lipinski definition) is 1. The van der Waals surface area contributed by atoms with Gasteiger partial charge in [0.2, 0.25) is 0 Å². The molecule has 0 aromatic heterocycles. The van der Waals surface area contributed by atoms with Gasteiger partial charge < -0.3 is 5.11 Å². The molecule has 1 aliphatic carbocycles. The summed E-state index contributed by atoms with van der Waals surface area (Å²) in [5, 5.41) is 11.0. The van der Waals surface area contributed by atoms with Crippen LogP contribution in [0.3, 0.4) is 0 Å². The lowest BCUT2D eigenvalue weighted by Gasteiger charge is -2.25. The van der Waals surface area contributed by atoms with Crippen LogP contribution in [0.1, 0.15) is 42.0 Å². The van der Waals surface area contributed by atoms with Crippen molar-refractivity contribution in [1.82, 2.24) is 0 Å². The Morgan fingerprint density at radius 3 is 2.53 bits per heavy atom. The van der Waals surface area contributed by atoms with Crippen molar-refractivity contribution in [2.24, 2.45) is 0 Å². The highest BCUT2D eigenvalue weighted by Crippen LogP contribution is 2.41. The third-order valence-electron chi connectivity index (χ3n) is 4.19. The highest BCUT2D eigenvalue weighted by molar-refractivity contribution is 5.45. The van der Waals surface area contributed by atoms with E-state index in [1.54, 1.807) is 0 Å². The second kappa shape index (κ2) is 4.82. The second-order valence-electron chi connectivity index (χ2n) is 5.46. The zero-order valence-corrected chi connectivity index (χ0v) is 11.4. The van der Waals surface area contributed by atoms with Crippen LogP contribution in [0.15, 0.2) is 48.5 Å². The first-order valence-corrected chi connectivity index (χ1v) is 7.14. The Balaban J connectivity index is 1.98. The molecule has 0 amide bonds. The zero-order chi connectivity index (χ0) is 13.3. The fourth-order valence-electron chi connectivity index (χ4n) is 3.13. The smallest absolute Gasteiger partial charge is 0.115 e. The summed E-state index contributed by atoms with van der Waals surface area (Å²) in [4.78, 5) is 0. The Kier molecular flexibility index (Phi) is 3.16. The van der Waals surface area contributed by atoms with Gasteiger partial charge in [-0.25, -0.2) is 0 Å². The van der Waals surface area contributed by atoms with Gasteiger partial charge in [-0.2, -0.15) is 0 Å². The molecule has 0 bridgehead atoms. The summed E-state index contributed by atoms with van der Waals surface area (Å²) in [5.74, 6) is 0. The van der Waals surface area contributed by atoms with Crippen molar-refractivity contribution in [3.05, 3.63) is 70.8 Å². The van der Waals surface area contributed by atoms with E-state index in [9.17, 15) is 5.11 Å². The van der Waals surface area contributed by atoms with E-state index in [1.807, 2.05) is 6.07 Å². The van der Waals surface area contributed by atoms with Crippen molar-refractivity contribution in [2.75, 3.05) is 0 Å². The second-order valence-corrected chi connectivity index (χ2v) is 5.46. The number of aliphatic hydroxyl groups is 1. The van der Waals surface area contributed by atoms with E-state index in [0.29, 0.717) is 0 Å². The monoisotopic (exact) mass is 252 g/mol. The molecule has 19 heavy (non-hydrogen) atoms. The molecule has 1 atom stereocenters. The van der Waals surface area contributed by atoms with Crippen molar-refractivity contribution >= 4 is 0 Å². The lowest BCUT2D eigenvalue weighted by atomic mass is 9.87. The SMILES string of the molecule is CCCc1ccc(C2(O)CCc3ccccc32)cc1. The molecular formula is C18H20O. The molecule has 1 unspecified atom stereocenters. The first-order valence-electron chi connectivity index (χ1n) is 7.14. The van der Waals surface area contributed by atoms with E-state index in [0.717, 1.165) is 36.8 Å². The van der Waals surface area contributed by atoms with Crippen LogP contribution in [-0.2, 0) is 18.4 Å². The van der Waals surface area contributed by atoms with Crippen LogP contribution in [0.4, 0.5) is 0 Å². The van der Waals surface area contributed by atoms with Crippen molar-refractivity contribution in [3.8, 4) is 0 Å². The van der Waals surface area contributed by atoms with Crippen molar-refractivity contribution < 1.29 is 5.11 Å². The van der Waals surface area contributed by atoms with Crippen LogP contribution in [0.2, 0.25) is 0 Å². The average Bonchev–Trinajstić information content (AvgIpc) is 2.80. The number of aryl methyl sites for hydroxylation is 2. The molecule has 0 radical (unpaired) electrons. The molecule has 0 heterocycles. The Morgan fingerprint density at radius 2 is 1.79 bits per heavy atom. The van der Waals surface area contributed by atoms with Crippen LogP contribution in [0.5, 0.6) is 0 Å². The van der Waals surface area contributed by atoms with Crippen LogP contribution in [-0.4, -0.2) is 5.11 Å². The molecule has 1 heteroatoms. The molecule has 0 saturated heterocycles. The zero-order valence-electron chi connectivity index (χ0n) is 11.4. The van der Waals surface area contributed by atoms with Crippen LogP contribution in [0, 0.1) is 0 Å². The van der Waals surface area contributed by atoms with Gasteiger partial charge in [-0.1, -0.05) is 61.9 Å². The normalized spacial score (nSPS) is 21.4. The minimum atomic E-state index is -0.790. The summed E-state index contributed by atoms with van der Waals surface area (Å²) in [6, 6.07) is 16.7. The van der Waals surface area contributed by atoms with Gasteiger partial charge in [-0.3, -0.25) is 0 Å². The summed E-state index contributed by atoms with van der Waals surface area (Å²) < 4.78 is 0. The fraction of sp³-hybridized carbons (Fsp3) is 0.333. The Bertz CT molecular complexity index is 570. The van der Waals surface area contributed by atoms with E-state index in [4.69, 9.17) is 0 Å². The number of benzene rings is 2. The van der Waals surface area contributed by atoms with Gasteiger partial charge in [0.05, 0.1) is 0 Å². The number of rotatable bonds is 3. The topological polar surface area (TPSA) is 20.2 Å². The first kappa shape index (κ1) is 12.4. The molecular weight excluding hydrogens is 232 g/mol. The third-order valence-corrected chi connectivity index (χ3v) is 4.19. The molecule has 1 N–H and O–H groups in total. The molecule has 98 valence electrons. The predicted molar refractivity (Wildman–Crippen MR) is 78.2 cm³/mol. The van der Waals surface area contributed by atoms with Gasteiger partial charge in [0.25, 0.3) is 0 Å². The highest BCUT2D eigenvalue weighted by Gasteiger charge is 2.37. The van der Waals surface area contributed by atoms with Gasteiger partial charge >= 0.3 is 0 Å². The van der Waals surface area contributed by atoms with Crippen LogP contribution in [0.25, 0.3) is 0 Å². The molecule has 0 saturated carbocycles. The van der Waals surface area contributed by atoms with Crippen molar-refractivity contribution in [1.29, 1.82) is 0 Å². The summed E-state index contributed by atoms with van der Waals surface area (Å²) in [7, 11) is 0. The summed E-state index contributed by atoms with van der Waals surface area (Å²) in [6.07, 6.45) is 4.02. The lowest BCUT2D eigenvalue weighted by molar-refractivity contribution is 0.0829. The summed E-state index contributed by atoms with van der Waals surface area (Å²) >= 11 is 0. The molecule has 1 aliphatic rings. The minimum absolute atomic E-state index is 0.790. The lowest BCUT2D eigenvalue weighted by Crippen LogP contribution is -2.23. The fourth-order valence-corrected chi connectivity index (χ4v) is 3.13. The summed E-state index contributed by atoms with van der Waals surface area (Å²) in [5.41, 5.74) is 3.95. The van der Waals surface area contributed by atoms with Gasteiger partial charge in [-0.15, -0.1) is 0 Å². The van der Waals surface area contributed by atoms with E-state index >= 15 is 0 Å². The maximum absolute atomic E-state index is 11.0. The Labute approximate surface area is 114 Å². The van der Waals surface area contributed by atoms with E-state index in [2.05, 4.69) is 49.4 Å². The Hall–Kier alpha value is -1.60. The average molecular weight is 252 g/mol. The maximum atomic E-state index is 11.0. The van der Waals surface area contributed by atoms with E-state index < -0.39 is 5.60 Å². The molecule has 1 nitrogen and oxygen atoms in total. The molecule has 0 spiro atoms. The minimum Gasteiger partial charge on any atom is -0.380 e. The standard InChI is InChI=1S/C18H20O/c1-2-5-14-8-10-16(11-9-14)18(19)13-12-15-6-3-4-7-17(15)18/h3-4,6-11,19H,2,5,12-13H2,1H3. The Morgan fingerprint density at radius 1 is 1.05 bits per heavy atom. The highest BCUT2D eigenvalue weighted by atomic mass is 16.3. The summed E-state index contributed by atoms with van der Waals surface area (Å²) in [6.45, 7) is 2.19. The molecule has 2 aromatic rings. The molecule has 3 rings (SSSR count). The molecule has 0 aliphatic heterocycles. The molecule has 0 fully saturated rings. The molecule has 2 aromatic carbocycles. The number of hydrogen-bond acceptors (Lipinski definition) is 1. The first-order chi connectivity index (χ1) is 9.24. The van der Waals surface area contributed by atoms with E-state index in [-0.39, 0.29) is 0 Å². The largest absolute Gasteiger partial charge is 0.380 e. The quantitative estimate of drug-likeness (QED) is 0.880. The van der Waals surface area contributed by atoms with Gasteiger partial charge in [0.15, 0.2) is 0 Å².